The fourth-order valence-electron chi connectivity index (χ4n) is 1.99. The molecule has 0 spiro atoms. The molecule has 24 heavy (non-hydrogen) atoms. The molecule has 0 aliphatic carbocycles. The summed E-state index contributed by atoms with van der Waals surface area (Å²) < 4.78 is 11.3. The number of ether oxygens (including phenoxy) is 2. The first-order valence-electron chi connectivity index (χ1n) is 7.16. The van der Waals surface area contributed by atoms with Gasteiger partial charge in [0.2, 0.25) is 0 Å². The number of hydrazone groups is 1. The highest BCUT2D eigenvalue weighted by atomic mass is 79.9. The lowest BCUT2D eigenvalue weighted by Gasteiger charge is -2.09. The van der Waals surface area contributed by atoms with Crippen molar-refractivity contribution in [1.29, 1.82) is 0 Å². The summed E-state index contributed by atoms with van der Waals surface area (Å²) in [5.74, 6) is 1.07. The largest absolute Gasteiger partial charge is 0.496 e. The highest BCUT2D eigenvalue weighted by Crippen LogP contribution is 2.22. The van der Waals surface area contributed by atoms with Gasteiger partial charge in [0.1, 0.15) is 11.5 Å². The zero-order valence-corrected chi connectivity index (χ0v) is 15.0. The number of hydrogen-bond donors (Lipinski definition) is 2. The summed E-state index contributed by atoms with van der Waals surface area (Å²) in [6.45, 7) is 0.0767. The van der Waals surface area contributed by atoms with Crippen molar-refractivity contribution in [2.24, 2.45) is 5.10 Å². The van der Waals surface area contributed by atoms with E-state index in [9.17, 15) is 4.79 Å². The Morgan fingerprint density at radius 2 is 1.92 bits per heavy atom. The zero-order chi connectivity index (χ0) is 17.4. The number of benzene rings is 2. The van der Waals surface area contributed by atoms with E-state index in [1.54, 1.807) is 14.2 Å². The molecule has 2 aromatic rings. The van der Waals surface area contributed by atoms with Crippen LogP contribution < -0.4 is 20.2 Å². The molecule has 0 aliphatic heterocycles. The third-order valence-electron chi connectivity index (χ3n) is 3.13. The Morgan fingerprint density at radius 3 is 2.67 bits per heavy atom. The summed E-state index contributed by atoms with van der Waals surface area (Å²) >= 11 is 3.38. The van der Waals surface area contributed by atoms with Crippen molar-refractivity contribution in [2.45, 2.75) is 0 Å². The van der Waals surface area contributed by atoms with E-state index in [1.807, 2.05) is 42.5 Å². The maximum Gasteiger partial charge on any atom is 0.259 e. The van der Waals surface area contributed by atoms with Gasteiger partial charge in [0.15, 0.2) is 0 Å². The van der Waals surface area contributed by atoms with Crippen LogP contribution in [-0.4, -0.2) is 32.9 Å². The maximum atomic E-state index is 11.9. The molecular formula is C17H18BrN3O3. The van der Waals surface area contributed by atoms with E-state index in [-0.39, 0.29) is 12.5 Å². The number of anilines is 1. The van der Waals surface area contributed by atoms with E-state index < -0.39 is 0 Å². The molecule has 0 atom stereocenters. The van der Waals surface area contributed by atoms with E-state index >= 15 is 0 Å². The lowest BCUT2D eigenvalue weighted by Crippen LogP contribution is -2.26. The fraction of sp³-hybridized carbons (Fsp3) is 0.176. The highest BCUT2D eigenvalue weighted by Gasteiger charge is 2.04. The van der Waals surface area contributed by atoms with Gasteiger partial charge in [-0.3, -0.25) is 4.79 Å². The summed E-state index contributed by atoms with van der Waals surface area (Å²) in [6, 6.07) is 12.9. The third-order valence-corrected chi connectivity index (χ3v) is 3.62. The van der Waals surface area contributed by atoms with Crippen LogP contribution in [0.1, 0.15) is 5.56 Å². The second-order valence-electron chi connectivity index (χ2n) is 4.73. The van der Waals surface area contributed by atoms with Crippen LogP contribution in [0.3, 0.4) is 0 Å². The lowest BCUT2D eigenvalue weighted by atomic mass is 10.2. The summed E-state index contributed by atoms with van der Waals surface area (Å²) in [4.78, 5) is 11.9. The zero-order valence-electron chi connectivity index (χ0n) is 13.4. The molecule has 0 aliphatic rings. The van der Waals surface area contributed by atoms with Crippen LogP contribution in [0.15, 0.2) is 52.0 Å². The van der Waals surface area contributed by atoms with Gasteiger partial charge in [-0.1, -0.05) is 28.1 Å². The van der Waals surface area contributed by atoms with Crippen molar-refractivity contribution < 1.29 is 14.3 Å². The van der Waals surface area contributed by atoms with Crippen molar-refractivity contribution in [1.82, 2.24) is 5.43 Å². The van der Waals surface area contributed by atoms with E-state index in [0.717, 1.165) is 15.7 Å². The van der Waals surface area contributed by atoms with Crippen molar-refractivity contribution in [3.8, 4) is 11.5 Å². The van der Waals surface area contributed by atoms with E-state index in [0.29, 0.717) is 11.5 Å². The average molecular weight is 392 g/mol. The number of hydrogen-bond acceptors (Lipinski definition) is 5. The Balaban J connectivity index is 1.90. The smallest absolute Gasteiger partial charge is 0.259 e. The van der Waals surface area contributed by atoms with Crippen LogP contribution in [0.2, 0.25) is 0 Å². The van der Waals surface area contributed by atoms with E-state index in [4.69, 9.17) is 9.47 Å². The minimum atomic E-state index is -0.272. The molecule has 0 fully saturated rings. The van der Waals surface area contributed by atoms with Gasteiger partial charge < -0.3 is 14.8 Å². The van der Waals surface area contributed by atoms with Gasteiger partial charge in [0, 0.05) is 10.0 Å². The standard InChI is InChI=1S/C17H18BrN3O3/c1-23-15-8-7-13(18)9-12(15)10-20-21-17(22)11-19-14-5-3-4-6-16(14)24-2/h3-10,19H,11H2,1-2H3,(H,21,22). The highest BCUT2D eigenvalue weighted by molar-refractivity contribution is 9.10. The molecule has 0 aromatic heterocycles. The number of nitrogens with one attached hydrogen (secondary N) is 2. The molecule has 6 nitrogen and oxygen atoms in total. The van der Waals surface area contributed by atoms with Gasteiger partial charge in [-0.15, -0.1) is 0 Å². The molecule has 2 rings (SSSR count). The summed E-state index contributed by atoms with van der Waals surface area (Å²) in [5.41, 5.74) is 3.96. The summed E-state index contributed by atoms with van der Waals surface area (Å²) in [5, 5.41) is 6.95. The Hall–Kier alpha value is -2.54. The van der Waals surface area contributed by atoms with Crippen LogP contribution in [0.25, 0.3) is 0 Å². The SMILES string of the molecule is COc1ccc(Br)cc1C=NNC(=O)CNc1ccccc1OC. The Kier molecular flexibility index (Phi) is 6.62. The minimum absolute atomic E-state index is 0.0767. The van der Waals surface area contributed by atoms with Gasteiger partial charge in [-0.2, -0.15) is 5.10 Å². The number of rotatable bonds is 7. The molecular weight excluding hydrogens is 374 g/mol. The van der Waals surface area contributed by atoms with Crippen LogP contribution in [0.5, 0.6) is 11.5 Å². The van der Waals surface area contributed by atoms with Crippen molar-refractivity contribution in [3.05, 3.63) is 52.5 Å². The van der Waals surface area contributed by atoms with Crippen molar-refractivity contribution in [3.63, 3.8) is 0 Å². The molecule has 0 saturated heterocycles. The summed E-state index contributed by atoms with van der Waals surface area (Å²) in [7, 11) is 3.16. The average Bonchev–Trinajstić information content (AvgIpc) is 2.60. The molecule has 0 radical (unpaired) electrons. The number of amides is 1. The first kappa shape index (κ1) is 17.8. The fourth-order valence-corrected chi connectivity index (χ4v) is 2.36. The minimum Gasteiger partial charge on any atom is -0.496 e. The van der Waals surface area contributed by atoms with Crippen LogP contribution in [0.4, 0.5) is 5.69 Å². The predicted molar refractivity (Wildman–Crippen MR) is 97.9 cm³/mol. The quantitative estimate of drug-likeness (QED) is 0.561. The van der Waals surface area contributed by atoms with E-state index in [2.05, 4.69) is 31.8 Å². The maximum absolute atomic E-state index is 11.9. The topological polar surface area (TPSA) is 72.0 Å². The van der Waals surface area contributed by atoms with Crippen LogP contribution in [0, 0.1) is 0 Å². The number of carbonyl (C=O) groups is 1. The van der Waals surface area contributed by atoms with E-state index in [1.165, 1.54) is 6.21 Å². The molecule has 2 aromatic carbocycles. The molecule has 1 amide bonds. The monoisotopic (exact) mass is 391 g/mol. The Bertz CT molecular complexity index is 735. The number of carbonyl (C=O) groups excluding carboxylic acids is 1. The van der Waals surface area contributed by atoms with Crippen LogP contribution >= 0.6 is 15.9 Å². The van der Waals surface area contributed by atoms with Gasteiger partial charge in [0.05, 0.1) is 32.7 Å². The number of methoxy groups -OCH3 is 2. The van der Waals surface area contributed by atoms with Crippen LogP contribution in [-0.2, 0) is 4.79 Å². The molecule has 0 unspecified atom stereocenters. The van der Waals surface area contributed by atoms with Gasteiger partial charge in [-0.05, 0) is 30.3 Å². The lowest BCUT2D eigenvalue weighted by molar-refractivity contribution is -0.119. The Labute approximate surface area is 149 Å². The first-order chi connectivity index (χ1) is 11.6. The number of para-hydroxylation sites is 2. The number of nitrogens with zero attached hydrogens (tertiary/aromatic N) is 1. The third kappa shape index (κ3) is 4.99. The second-order valence-corrected chi connectivity index (χ2v) is 5.65. The predicted octanol–water partition coefficient (Wildman–Crippen LogP) is 3.03. The molecule has 0 heterocycles. The van der Waals surface area contributed by atoms with Gasteiger partial charge >= 0.3 is 0 Å². The molecule has 7 heteroatoms. The van der Waals surface area contributed by atoms with Gasteiger partial charge in [0.25, 0.3) is 5.91 Å². The summed E-state index contributed by atoms with van der Waals surface area (Å²) in [6.07, 6.45) is 1.53. The molecule has 2 N–H and O–H groups in total. The normalized spacial score (nSPS) is 10.5. The number of halogens is 1. The first-order valence-corrected chi connectivity index (χ1v) is 7.95. The van der Waals surface area contributed by atoms with Gasteiger partial charge in [-0.25, -0.2) is 5.43 Å². The van der Waals surface area contributed by atoms with Crippen molar-refractivity contribution in [2.75, 3.05) is 26.1 Å². The molecule has 0 saturated carbocycles. The second kappa shape index (κ2) is 8.93. The molecule has 0 bridgehead atoms. The Morgan fingerprint density at radius 1 is 1.17 bits per heavy atom. The van der Waals surface area contributed by atoms with Crippen molar-refractivity contribution >= 4 is 33.7 Å². The molecule has 126 valence electrons.